The third-order valence-corrected chi connectivity index (χ3v) is 4.83. The van der Waals surface area contributed by atoms with Crippen LogP contribution in [0.3, 0.4) is 0 Å². The Morgan fingerprint density at radius 3 is 2.27 bits per heavy atom. The molecule has 0 radical (unpaired) electrons. The molecule has 22 heavy (non-hydrogen) atoms. The number of halogens is 1. The molecule has 5 heteroatoms. The number of sulfonamides is 1. The zero-order valence-corrected chi connectivity index (χ0v) is 13.3. The maximum atomic E-state index is 12.8. The van der Waals surface area contributed by atoms with Gasteiger partial charge < -0.3 is 0 Å². The largest absolute Gasteiger partial charge is 0.216 e. The van der Waals surface area contributed by atoms with E-state index in [1.165, 1.54) is 29.8 Å². The number of hydrogen-bond donors (Lipinski definition) is 1. The van der Waals surface area contributed by atoms with Crippen LogP contribution in [0.1, 0.15) is 24.5 Å². The molecule has 0 saturated carbocycles. The first-order valence-corrected chi connectivity index (χ1v) is 8.88. The summed E-state index contributed by atoms with van der Waals surface area (Å²) in [5.74, 6) is -0.506. The Morgan fingerprint density at radius 1 is 1.00 bits per heavy atom. The minimum Gasteiger partial charge on any atom is -0.212 e. The lowest BCUT2D eigenvalue weighted by Crippen LogP contribution is -2.33. The molecule has 0 bridgehead atoms. The molecule has 1 atom stereocenters. The summed E-state index contributed by atoms with van der Waals surface area (Å²) in [6, 6.07) is 15.3. The Labute approximate surface area is 131 Å². The molecule has 0 spiro atoms. The molecule has 0 fully saturated rings. The van der Waals surface area contributed by atoms with Gasteiger partial charge in [-0.3, -0.25) is 0 Å². The molecule has 0 aromatic heterocycles. The average Bonchev–Trinajstić information content (AvgIpc) is 2.48. The molecule has 0 aliphatic heterocycles. The van der Waals surface area contributed by atoms with Crippen molar-refractivity contribution in [2.45, 2.75) is 31.6 Å². The van der Waals surface area contributed by atoms with Gasteiger partial charge in [-0.2, -0.15) is 0 Å². The van der Waals surface area contributed by atoms with E-state index in [9.17, 15) is 12.8 Å². The SMILES string of the molecule is CC(CCc1ccccc1)NS(=O)(=O)Cc1ccc(F)cc1. The molecular formula is C17H20FNO2S. The van der Waals surface area contributed by atoms with Crippen LogP contribution >= 0.6 is 0 Å². The lowest BCUT2D eigenvalue weighted by Gasteiger charge is -2.14. The zero-order chi connectivity index (χ0) is 16.0. The normalized spacial score (nSPS) is 13.0. The number of rotatable bonds is 7. The van der Waals surface area contributed by atoms with E-state index >= 15 is 0 Å². The second kappa shape index (κ2) is 7.51. The zero-order valence-electron chi connectivity index (χ0n) is 12.5. The molecule has 1 N–H and O–H groups in total. The highest BCUT2D eigenvalue weighted by Crippen LogP contribution is 2.09. The van der Waals surface area contributed by atoms with E-state index in [0.717, 1.165) is 12.8 Å². The number of hydrogen-bond acceptors (Lipinski definition) is 2. The average molecular weight is 321 g/mol. The van der Waals surface area contributed by atoms with Crippen LogP contribution in [-0.4, -0.2) is 14.5 Å². The highest BCUT2D eigenvalue weighted by atomic mass is 32.2. The first-order chi connectivity index (χ1) is 10.4. The Kier molecular flexibility index (Phi) is 5.69. The summed E-state index contributed by atoms with van der Waals surface area (Å²) in [6.45, 7) is 1.85. The second-order valence-electron chi connectivity index (χ2n) is 5.43. The standard InChI is InChI=1S/C17H20FNO2S/c1-14(7-8-15-5-3-2-4-6-15)19-22(20,21)13-16-9-11-17(18)12-10-16/h2-6,9-12,14,19H,7-8,13H2,1H3. The maximum Gasteiger partial charge on any atom is 0.216 e. The highest BCUT2D eigenvalue weighted by molar-refractivity contribution is 7.88. The third kappa shape index (κ3) is 5.58. The van der Waals surface area contributed by atoms with E-state index in [0.29, 0.717) is 5.56 Å². The summed E-state index contributed by atoms with van der Waals surface area (Å²) in [6.07, 6.45) is 1.55. The molecule has 0 saturated heterocycles. The molecule has 2 aromatic carbocycles. The molecular weight excluding hydrogens is 301 g/mol. The van der Waals surface area contributed by atoms with Crippen LogP contribution in [0.25, 0.3) is 0 Å². The van der Waals surface area contributed by atoms with E-state index in [4.69, 9.17) is 0 Å². The van der Waals surface area contributed by atoms with E-state index in [1.54, 1.807) is 0 Å². The number of aryl methyl sites for hydroxylation is 1. The molecule has 0 amide bonds. The monoisotopic (exact) mass is 321 g/mol. The van der Waals surface area contributed by atoms with Gasteiger partial charge in [-0.25, -0.2) is 17.5 Å². The number of nitrogens with one attached hydrogen (secondary N) is 1. The quantitative estimate of drug-likeness (QED) is 0.851. The Morgan fingerprint density at radius 2 is 1.64 bits per heavy atom. The van der Waals surface area contributed by atoms with Gasteiger partial charge >= 0.3 is 0 Å². The van der Waals surface area contributed by atoms with Crippen molar-refractivity contribution in [1.82, 2.24) is 4.72 Å². The second-order valence-corrected chi connectivity index (χ2v) is 7.18. The van der Waals surface area contributed by atoms with Crippen LogP contribution in [0.15, 0.2) is 54.6 Å². The molecule has 2 rings (SSSR count). The van der Waals surface area contributed by atoms with E-state index in [-0.39, 0.29) is 17.6 Å². The minimum atomic E-state index is -3.42. The summed E-state index contributed by atoms with van der Waals surface area (Å²) in [7, 11) is -3.42. The van der Waals surface area contributed by atoms with Gasteiger partial charge in [-0.15, -0.1) is 0 Å². The van der Waals surface area contributed by atoms with Crippen molar-refractivity contribution in [3.8, 4) is 0 Å². The van der Waals surface area contributed by atoms with Gasteiger partial charge in [0, 0.05) is 6.04 Å². The fourth-order valence-corrected chi connectivity index (χ4v) is 3.68. The van der Waals surface area contributed by atoms with Crippen LogP contribution < -0.4 is 4.72 Å². The van der Waals surface area contributed by atoms with Crippen molar-refractivity contribution in [3.63, 3.8) is 0 Å². The van der Waals surface area contributed by atoms with E-state index in [1.807, 2.05) is 37.3 Å². The van der Waals surface area contributed by atoms with Crippen molar-refractivity contribution in [2.24, 2.45) is 0 Å². The van der Waals surface area contributed by atoms with Gasteiger partial charge in [0.15, 0.2) is 0 Å². The Bertz CT molecular complexity index is 684. The first-order valence-electron chi connectivity index (χ1n) is 7.23. The van der Waals surface area contributed by atoms with Crippen molar-refractivity contribution in [1.29, 1.82) is 0 Å². The predicted molar refractivity (Wildman–Crippen MR) is 86.4 cm³/mol. The number of benzene rings is 2. The Balaban J connectivity index is 1.86. The van der Waals surface area contributed by atoms with Crippen LogP contribution in [0.5, 0.6) is 0 Å². The molecule has 0 heterocycles. The lowest BCUT2D eigenvalue weighted by atomic mass is 10.1. The van der Waals surface area contributed by atoms with Gasteiger partial charge in [0.05, 0.1) is 5.75 Å². The fourth-order valence-electron chi connectivity index (χ4n) is 2.24. The highest BCUT2D eigenvalue weighted by Gasteiger charge is 2.15. The third-order valence-electron chi connectivity index (χ3n) is 3.36. The summed E-state index contributed by atoms with van der Waals surface area (Å²) < 4.78 is 39.7. The van der Waals surface area contributed by atoms with Gasteiger partial charge in [0.25, 0.3) is 0 Å². The van der Waals surface area contributed by atoms with Crippen molar-refractivity contribution < 1.29 is 12.8 Å². The predicted octanol–water partition coefficient (Wildman–Crippen LogP) is 3.27. The summed E-state index contributed by atoms with van der Waals surface area (Å²) in [5, 5.41) is 0. The lowest BCUT2D eigenvalue weighted by molar-refractivity contribution is 0.546. The molecule has 0 aliphatic carbocycles. The molecule has 0 aliphatic rings. The minimum absolute atomic E-state index is 0.136. The van der Waals surface area contributed by atoms with Crippen molar-refractivity contribution in [3.05, 3.63) is 71.5 Å². The van der Waals surface area contributed by atoms with Crippen LogP contribution in [0, 0.1) is 5.82 Å². The molecule has 118 valence electrons. The first kappa shape index (κ1) is 16.6. The van der Waals surface area contributed by atoms with Crippen molar-refractivity contribution >= 4 is 10.0 Å². The fraction of sp³-hybridized carbons (Fsp3) is 0.294. The van der Waals surface area contributed by atoms with Crippen molar-refractivity contribution in [2.75, 3.05) is 0 Å². The van der Waals surface area contributed by atoms with Gasteiger partial charge in [-0.1, -0.05) is 42.5 Å². The smallest absolute Gasteiger partial charge is 0.212 e. The summed E-state index contributed by atoms with van der Waals surface area (Å²) in [5.41, 5.74) is 1.76. The summed E-state index contributed by atoms with van der Waals surface area (Å²) in [4.78, 5) is 0. The molecule has 1 unspecified atom stereocenters. The van der Waals surface area contributed by atoms with Gasteiger partial charge in [0.2, 0.25) is 10.0 Å². The van der Waals surface area contributed by atoms with Crippen LogP contribution in [0.2, 0.25) is 0 Å². The van der Waals surface area contributed by atoms with E-state index < -0.39 is 10.0 Å². The summed E-state index contributed by atoms with van der Waals surface area (Å²) >= 11 is 0. The van der Waals surface area contributed by atoms with Gasteiger partial charge in [-0.05, 0) is 43.0 Å². The topological polar surface area (TPSA) is 46.2 Å². The van der Waals surface area contributed by atoms with Gasteiger partial charge in [0.1, 0.15) is 5.82 Å². The van der Waals surface area contributed by atoms with Crippen LogP contribution in [0.4, 0.5) is 4.39 Å². The maximum absolute atomic E-state index is 12.8. The molecule has 3 nitrogen and oxygen atoms in total. The van der Waals surface area contributed by atoms with Crippen LogP contribution in [-0.2, 0) is 22.2 Å². The Hall–Kier alpha value is -1.72. The molecule has 2 aromatic rings. The van der Waals surface area contributed by atoms with E-state index in [2.05, 4.69) is 4.72 Å².